The third kappa shape index (κ3) is 3.00. The average Bonchev–Trinajstić information content (AvgIpc) is 3.11. The van der Waals surface area contributed by atoms with Crippen molar-refractivity contribution in [2.45, 2.75) is 12.8 Å². The van der Waals surface area contributed by atoms with Crippen LogP contribution in [0.1, 0.15) is 12.8 Å². The average molecular weight is 321 g/mol. The number of nitrogens with zero attached hydrogens (tertiary/aromatic N) is 3. The van der Waals surface area contributed by atoms with Gasteiger partial charge in [0.05, 0.1) is 5.92 Å². The minimum absolute atomic E-state index is 0.0314. The van der Waals surface area contributed by atoms with E-state index in [0.717, 1.165) is 42.7 Å². The first-order chi connectivity index (χ1) is 11.8. The van der Waals surface area contributed by atoms with Crippen molar-refractivity contribution in [2.75, 3.05) is 18.4 Å². The summed E-state index contributed by atoms with van der Waals surface area (Å²) in [5, 5.41) is 6.17. The molecule has 24 heavy (non-hydrogen) atoms. The predicted octanol–water partition coefficient (Wildman–Crippen LogP) is 2.33. The monoisotopic (exact) mass is 321 g/mol. The number of piperidine rings is 1. The summed E-state index contributed by atoms with van der Waals surface area (Å²) in [7, 11) is 0. The Morgan fingerprint density at radius 2 is 2.12 bits per heavy atom. The highest BCUT2D eigenvalue weighted by molar-refractivity contribution is 5.92. The number of anilines is 1. The molecule has 1 fully saturated rings. The molecular formula is C18H19N5O. The molecule has 0 aliphatic carbocycles. The molecule has 1 aliphatic heterocycles. The Morgan fingerprint density at radius 3 is 2.92 bits per heavy atom. The Morgan fingerprint density at radius 1 is 1.21 bits per heavy atom. The molecule has 6 nitrogen and oxygen atoms in total. The summed E-state index contributed by atoms with van der Waals surface area (Å²) < 4.78 is 1.97. The summed E-state index contributed by atoms with van der Waals surface area (Å²) in [4.78, 5) is 20.9. The van der Waals surface area contributed by atoms with E-state index < -0.39 is 0 Å². The lowest BCUT2D eigenvalue weighted by molar-refractivity contribution is -0.120. The second kappa shape index (κ2) is 6.41. The third-order valence-corrected chi connectivity index (χ3v) is 4.40. The maximum absolute atomic E-state index is 12.2. The second-order valence-electron chi connectivity index (χ2n) is 6.08. The number of imidazole rings is 1. The molecule has 1 atom stereocenters. The van der Waals surface area contributed by atoms with Gasteiger partial charge in [0.25, 0.3) is 0 Å². The molecule has 1 unspecified atom stereocenters. The molecule has 0 spiro atoms. The molecule has 3 aromatic heterocycles. The second-order valence-corrected chi connectivity index (χ2v) is 6.08. The molecule has 6 heteroatoms. The maximum Gasteiger partial charge on any atom is 0.229 e. The van der Waals surface area contributed by atoms with Crippen molar-refractivity contribution in [3.63, 3.8) is 0 Å². The Hall–Kier alpha value is -2.73. The van der Waals surface area contributed by atoms with Gasteiger partial charge < -0.3 is 15.0 Å². The number of hydrogen-bond donors (Lipinski definition) is 2. The number of rotatable bonds is 3. The lowest BCUT2D eigenvalue weighted by atomic mass is 9.99. The Balaban J connectivity index is 1.48. The van der Waals surface area contributed by atoms with Crippen molar-refractivity contribution in [3.8, 4) is 11.1 Å². The summed E-state index contributed by atoms with van der Waals surface area (Å²) >= 11 is 0. The quantitative estimate of drug-likeness (QED) is 0.777. The van der Waals surface area contributed by atoms with Crippen LogP contribution in [0.25, 0.3) is 16.8 Å². The van der Waals surface area contributed by atoms with Crippen LogP contribution >= 0.6 is 0 Å². The number of pyridine rings is 2. The van der Waals surface area contributed by atoms with Gasteiger partial charge in [-0.15, -0.1) is 0 Å². The first-order valence-electron chi connectivity index (χ1n) is 8.20. The van der Waals surface area contributed by atoms with Crippen LogP contribution in [-0.2, 0) is 4.79 Å². The molecule has 1 aliphatic rings. The Kier molecular flexibility index (Phi) is 3.96. The van der Waals surface area contributed by atoms with E-state index in [2.05, 4.69) is 20.6 Å². The normalized spacial score (nSPS) is 17.8. The van der Waals surface area contributed by atoms with Gasteiger partial charge >= 0.3 is 0 Å². The van der Waals surface area contributed by atoms with Crippen LogP contribution in [0.5, 0.6) is 0 Å². The minimum Gasteiger partial charge on any atom is -0.316 e. The van der Waals surface area contributed by atoms with Crippen molar-refractivity contribution in [3.05, 3.63) is 49.1 Å². The molecule has 1 saturated heterocycles. The first kappa shape index (κ1) is 14.8. The molecule has 1 amide bonds. The van der Waals surface area contributed by atoms with Gasteiger partial charge in [-0.05, 0) is 49.2 Å². The summed E-state index contributed by atoms with van der Waals surface area (Å²) in [6, 6.07) is 7.81. The fraction of sp³-hybridized carbons (Fsp3) is 0.278. The van der Waals surface area contributed by atoms with Gasteiger partial charge in [0.2, 0.25) is 5.91 Å². The van der Waals surface area contributed by atoms with Crippen molar-refractivity contribution in [1.29, 1.82) is 0 Å². The lowest BCUT2D eigenvalue weighted by Gasteiger charge is -2.21. The van der Waals surface area contributed by atoms with Crippen molar-refractivity contribution in [1.82, 2.24) is 19.7 Å². The molecule has 2 N–H and O–H groups in total. The zero-order valence-electron chi connectivity index (χ0n) is 13.3. The smallest absolute Gasteiger partial charge is 0.229 e. The number of nitrogens with one attached hydrogen (secondary N) is 2. The van der Waals surface area contributed by atoms with E-state index in [1.54, 1.807) is 12.4 Å². The van der Waals surface area contributed by atoms with Crippen molar-refractivity contribution >= 4 is 17.4 Å². The largest absolute Gasteiger partial charge is 0.316 e. The Bertz CT molecular complexity index is 849. The number of fused-ring (bicyclic) bond motifs is 1. The van der Waals surface area contributed by atoms with Gasteiger partial charge in [0.1, 0.15) is 11.5 Å². The molecule has 0 radical (unpaired) electrons. The highest BCUT2D eigenvalue weighted by Crippen LogP contribution is 2.21. The standard InChI is InChI=1S/C18H19N5O/c24-18(14-2-1-7-19-10-14)22-16-5-3-13(11-21-16)15-4-6-17-20-8-9-23(17)12-15/h3-6,8-9,11-12,14,19H,1-2,7,10H2,(H,21,22,24). The molecular weight excluding hydrogens is 302 g/mol. The van der Waals surface area contributed by atoms with Gasteiger partial charge in [-0.2, -0.15) is 0 Å². The Labute approximate surface area is 139 Å². The van der Waals surface area contributed by atoms with Gasteiger partial charge in [-0.3, -0.25) is 4.79 Å². The van der Waals surface area contributed by atoms with Gasteiger partial charge in [0, 0.05) is 36.9 Å². The van der Waals surface area contributed by atoms with Gasteiger partial charge in [-0.25, -0.2) is 9.97 Å². The van der Waals surface area contributed by atoms with Crippen LogP contribution in [0.2, 0.25) is 0 Å². The zero-order chi connectivity index (χ0) is 16.4. The van der Waals surface area contributed by atoms with Crippen LogP contribution in [-0.4, -0.2) is 33.4 Å². The first-order valence-corrected chi connectivity index (χ1v) is 8.20. The molecule has 4 heterocycles. The molecule has 3 aromatic rings. The highest BCUT2D eigenvalue weighted by Gasteiger charge is 2.21. The van der Waals surface area contributed by atoms with Gasteiger partial charge in [-0.1, -0.05) is 0 Å². The zero-order valence-corrected chi connectivity index (χ0v) is 13.3. The summed E-state index contributed by atoms with van der Waals surface area (Å²) in [5.74, 6) is 0.671. The fourth-order valence-corrected chi connectivity index (χ4v) is 3.03. The topological polar surface area (TPSA) is 71.3 Å². The summed E-state index contributed by atoms with van der Waals surface area (Å²) in [6.45, 7) is 1.74. The number of hydrogen-bond acceptors (Lipinski definition) is 4. The van der Waals surface area contributed by atoms with E-state index in [9.17, 15) is 4.79 Å². The summed E-state index contributed by atoms with van der Waals surface area (Å²) in [6.07, 6.45) is 9.47. The third-order valence-electron chi connectivity index (χ3n) is 4.40. The van der Waals surface area contributed by atoms with E-state index in [1.807, 2.05) is 41.1 Å². The summed E-state index contributed by atoms with van der Waals surface area (Å²) in [5.41, 5.74) is 2.97. The highest BCUT2D eigenvalue weighted by atomic mass is 16.2. The number of carbonyl (C=O) groups excluding carboxylic acids is 1. The van der Waals surface area contributed by atoms with E-state index in [-0.39, 0.29) is 11.8 Å². The number of carbonyl (C=O) groups is 1. The maximum atomic E-state index is 12.2. The minimum atomic E-state index is 0.0314. The lowest BCUT2D eigenvalue weighted by Crippen LogP contribution is -2.37. The predicted molar refractivity (Wildman–Crippen MR) is 92.6 cm³/mol. The molecule has 4 rings (SSSR count). The molecule has 0 aromatic carbocycles. The van der Waals surface area contributed by atoms with E-state index in [1.165, 1.54) is 0 Å². The number of aromatic nitrogens is 3. The molecule has 0 bridgehead atoms. The molecule has 0 saturated carbocycles. The van der Waals surface area contributed by atoms with Crippen LogP contribution < -0.4 is 10.6 Å². The van der Waals surface area contributed by atoms with Crippen LogP contribution in [0.15, 0.2) is 49.1 Å². The molecule has 122 valence electrons. The van der Waals surface area contributed by atoms with Crippen molar-refractivity contribution in [2.24, 2.45) is 5.92 Å². The van der Waals surface area contributed by atoms with Gasteiger partial charge in [0.15, 0.2) is 0 Å². The van der Waals surface area contributed by atoms with E-state index in [4.69, 9.17) is 0 Å². The fourth-order valence-electron chi connectivity index (χ4n) is 3.03. The van der Waals surface area contributed by atoms with Crippen LogP contribution in [0, 0.1) is 5.92 Å². The van der Waals surface area contributed by atoms with Crippen molar-refractivity contribution < 1.29 is 4.79 Å². The van der Waals surface area contributed by atoms with E-state index >= 15 is 0 Å². The number of amides is 1. The van der Waals surface area contributed by atoms with Crippen LogP contribution in [0.3, 0.4) is 0 Å². The SMILES string of the molecule is O=C(Nc1ccc(-c2ccc3nccn3c2)cn1)C1CCCNC1. The van der Waals surface area contributed by atoms with E-state index in [0.29, 0.717) is 5.82 Å². The van der Waals surface area contributed by atoms with Crippen LogP contribution in [0.4, 0.5) is 5.82 Å².